The molecule has 0 aromatic heterocycles. The van der Waals surface area contributed by atoms with Gasteiger partial charge in [0, 0.05) is 19.3 Å². The van der Waals surface area contributed by atoms with Gasteiger partial charge in [0.25, 0.3) is 0 Å². The predicted octanol–water partition coefficient (Wildman–Crippen LogP) is 20.8. The Kier molecular flexibility index (Phi) is 57.2. The molecule has 0 amide bonds. The van der Waals surface area contributed by atoms with Crippen LogP contribution >= 0.6 is 0 Å². The summed E-state index contributed by atoms with van der Waals surface area (Å²) in [6.45, 7) is 6.62. The van der Waals surface area contributed by atoms with E-state index in [4.69, 9.17) is 14.2 Å². The normalized spacial score (nSPS) is 12.4. The fourth-order valence-corrected chi connectivity index (χ4v) is 8.83. The minimum atomic E-state index is -0.787. The first-order valence-corrected chi connectivity index (χ1v) is 30.8. The maximum absolute atomic E-state index is 12.9. The number of esters is 3. The molecule has 0 bridgehead atoms. The molecule has 0 aliphatic carbocycles. The van der Waals surface area contributed by atoms with Gasteiger partial charge in [0.2, 0.25) is 0 Å². The second-order valence-electron chi connectivity index (χ2n) is 20.6. The van der Waals surface area contributed by atoms with E-state index in [1.165, 1.54) is 193 Å². The zero-order chi connectivity index (χ0) is 51.4. The molecular weight excluding hydrogens is 877 g/mol. The van der Waals surface area contributed by atoms with Gasteiger partial charge in [-0.3, -0.25) is 14.4 Å². The number of carbonyl (C=O) groups is 3. The van der Waals surface area contributed by atoms with Crippen LogP contribution in [0.4, 0.5) is 0 Å². The molecule has 1 atom stereocenters. The van der Waals surface area contributed by atoms with Gasteiger partial charge in [0.05, 0.1) is 0 Å². The zero-order valence-electron chi connectivity index (χ0n) is 47.2. The molecule has 6 heteroatoms. The molecule has 0 saturated carbocycles. The van der Waals surface area contributed by atoms with E-state index in [0.29, 0.717) is 19.3 Å². The highest BCUT2D eigenvalue weighted by Gasteiger charge is 2.19. The van der Waals surface area contributed by atoms with Crippen LogP contribution in [-0.2, 0) is 28.6 Å². The Labute approximate surface area is 440 Å². The molecule has 0 rings (SSSR count). The van der Waals surface area contributed by atoms with Gasteiger partial charge in [-0.1, -0.05) is 268 Å². The molecule has 0 N–H and O–H groups in total. The van der Waals surface area contributed by atoms with Crippen molar-refractivity contribution in [2.24, 2.45) is 0 Å². The van der Waals surface area contributed by atoms with E-state index >= 15 is 0 Å². The highest BCUT2D eigenvalue weighted by Crippen LogP contribution is 2.16. The predicted molar refractivity (Wildman–Crippen MR) is 307 cm³/mol. The van der Waals surface area contributed by atoms with Crippen molar-refractivity contribution in [2.75, 3.05) is 13.2 Å². The molecule has 0 spiro atoms. The van der Waals surface area contributed by atoms with Crippen molar-refractivity contribution in [3.63, 3.8) is 0 Å². The second kappa shape index (κ2) is 59.7. The molecule has 412 valence electrons. The summed E-state index contributed by atoms with van der Waals surface area (Å²) >= 11 is 0. The number of ether oxygens (including phenoxy) is 3. The van der Waals surface area contributed by atoms with Crippen LogP contribution in [0, 0.1) is 0 Å². The smallest absolute Gasteiger partial charge is 0.306 e. The molecule has 0 unspecified atom stereocenters. The Bertz CT molecular complexity index is 1280. The molecule has 0 radical (unpaired) electrons. The van der Waals surface area contributed by atoms with Crippen molar-refractivity contribution in [1.29, 1.82) is 0 Å². The average molecular weight is 994 g/mol. The van der Waals surface area contributed by atoms with Crippen LogP contribution in [0.25, 0.3) is 0 Å². The largest absolute Gasteiger partial charge is 0.462 e. The first kappa shape index (κ1) is 68.1. The minimum absolute atomic E-state index is 0.0822. The summed E-state index contributed by atoms with van der Waals surface area (Å²) < 4.78 is 16.9. The summed E-state index contributed by atoms with van der Waals surface area (Å²) in [7, 11) is 0. The number of carbonyl (C=O) groups excluding carboxylic acids is 3. The lowest BCUT2D eigenvalue weighted by Gasteiger charge is -2.18. The quantitative estimate of drug-likeness (QED) is 0.0261. The Morgan fingerprint density at radius 3 is 0.845 bits per heavy atom. The van der Waals surface area contributed by atoms with Crippen molar-refractivity contribution in [3.05, 3.63) is 60.8 Å². The van der Waals surface area contributed by atoms with Crippen LogP contribution in [0.5, 0.6) is 0 Å². The van der Waals surface area contributed by atoms with E-state index in [0.717, 1.165) is 83.5 Å². The fourth-order valence-electron chi connectivity index (χ4n) is 8.83. The third-order valence-electron chi connectivity index (χ3n) is 13.5. The van der Waals surface area contributed by atoms with E-state index < -0.39 is 6.10 Å². The highest BCUT2D eigenvalue weighted by molar-refractivity contribution is 5.71. The van der Waals surface area contributed by atoms with Gasteiger partial charge in [0.1, 0.15) is 13.2 Å². The lowest BCUT2D eigenvalue weighted by Crippen LogP contribution is -2.30. The molecule has 0 aliphatic rings. The summed E-state index contributed by atoms with van der Waals surface area (Å²) in [5.41, 5.74) is 0. The first-order chi connectivity index (χ1) is 35.0. The molecule has 0 aromatic rings. The lowest BCUT2D eigenvalue weighted by atomic mass is 10.0. The Hall–Kier alpha value is -2.89. The Balaban J connectivity index is 4.41. The zero-order valence-corrected chi connectivity index (χ0v) is 47.2. The van der Waals surface area contributed by atoms with Crippen LogP contribution in [0.1, 0.15) is 316 Å². The van der Waals surface area contributed by atoms with E-state index in [1.54, 1.807) is 0 Å². The third kappa shape index (κ3) is 57.9. The molecule has 71 heavy (non-hydrogen) atoms. The summed E-state index contributed by atoms with van der Waals surface area (Å²) in [5.74, 6) is -0.900. The van der Waals surface area contributed by atoms with Crippen LogP contribution in [0.3, 0.4) is 0 Å². The number of unbranched alkanes of at least 4 members (excludes halogenated alkanes) is 35. The van der Waals surface area contributed by atoms with Crippen LogP contribution in [0.2, 0.25) is 0 Å². The molecule has 0 aromatic carbocycles. The van der Waals surface area contributed by atoms with Crippen molar-refractivity contribution in [2.45, 2.75) is 322 Å². The summed E-state index contributed by atoms with van der Waals surface area (Å²) in [4.78, 5) is 38.3. The molecule has 0 saturated heterocycles. The average Bonchev–Trinajstić information content (AvgIpc) is 3.37. The number of hydrogen-bond acceptors (Lipinski definition) is 6. The van der Waals surface area contributed by atoms with Crippen LogP contribution in [-0.4, -0.2) is 37.2 Å². The highest BCUT2D eigenvalue weighted by atomic mass is 16.6. The van der Waals surface area contributed by atoms with Crippen molar-refractivity contribution in [1.82, 2.24) is 0 Å². The molecule has 0 fully saturated rings. The van der Waals surface area contributed by atoms with Gasteiger partial charge in [0.15, 0.2) is 6.10 Å². The molecular formula is C65H116O6. The molecule has 6 nitrogen and oxygen atoms in total. The van der Waals surface area contributed by atoms with E-state index in [2.05, 4.69) is 81.5 Å². The topological polar surface area (TPSA) is 78.9 Å². The summed E-state index contributed by atoms with van der Waals surface area (Å²) in [6.07, 6.45) is 75.0. The van der Waals surface area contributed by atoms with Crippen molar-refractivity contribution >= 4 is 17.9 Å². The Morgan fingerprint density at radius 2 is 0.507 bits per heavy atom. The monoisotopic (exact) mass is 993 g/mol. The van der Waals surface area contributed by atoms with Gasteiger partial charge in [-0.25, -0.2) is 0 Å². The second-order valence-corrected chi connectivity index (χ2v) is 20.6. The Morgan fingerprint density at radius 1 is 0.282 bits per heavy atom. The van der Waals surface area contributed by atoms with Crippen LogP contribution < -0.4 is 0 Å². The van der Waals surface area contributed by atoms with Gasteiger partial charge < -0.3 is 14.2 Å². The van der Waals surface area contributed by atoms with Gasteiger partial charge in [-0.2, -0.15) is 0 Å². The standard InChI is InChI=1S/C65H116O6/c1-4-7-10-13-16-19-22-25-28-30-32-34-37-40-43-46-49-52-55-58-64(67)70-61-62(60-69-63(66)57-54-51-48-45-42-39-36-27-24-21-18-15-12-9-6-3)71-65(68)59-56-53-50-47-44-41-38-35-33-31-29-26-23-20-17-14-11-8-5-2/h16,19,25-26,28-29,32,34,40,43,62H,4-15,17-18,20-24,27,30-31,33,35-39,41-42,44-61H2,1-3H3/b19-16-,28-25-,29-26-,34-32-,43-40-/t62-/m1/s1. The number of rotatable bonds is 56. The van der Waals surface area contributed by atoms with Crippen molar-refractivity contribution in [3.8, 4) is 0 Å². The van der Waals surface area contributed by atoms with E-state index in [9.17, 15) is 14.4 Å². The minimum Gasteiger partial charge on any atom is -0.462 e. The van der Waals surface area contributed by atoms with E-state index in [-0.39, 0.29) is 31.1 Å². The SMILES string of the molecule is CCCCC/C=C\C/C=C\C/C=C\C/C=C\CCCCCC(=O)OC[C@@H](COC(=O)CCCCCCCCCCCCCCCCC)OC(=O)CCCCCCCCCCC/C=C\CCCCCCCC. The molecule has 0 heterocycles. The van der Waals surface area contributed by atoms with Gasteiger partial charge in [-0.05, 0) is 89.9 Å². The summed E-state index contributed by atoms with van der Waals surface area (Å²) in [6, 6.07) is 0. The fraction of sp³-hybridized carbons (Fsp3) is 0.800. The van der Waals surface area contributed by atoms with Gasteiger partial charge in [-0.15, -0.1) is 0 Å². The van der Waals surface area contributed by atoms with Gasteiger partial charge >= 0.3 is 17.9 Å². The summed E-state index contributed by atoms with van der Waals surface area (Å²) in [5, 5.41) is 0. The third-order valence-corrected chi connectivity index (χ3v) is 13.5. The maximum atomic E-state index is 12.9. The van der Waals surface area contributed by atoms with Crippen molar-refractivity contribution < 1.29 is 28.6 Å². The number of allylic oxidation sites excluding steroid dienone is 10. The van der Waals surface area contributed by atoms with E-state index in [1.807, 2.05) is 0 Å². The lowest BCUT2D eigenvalue weighted by molar-refractivity contribution is -0.167. The first-order valence-electron chi connectivity index (χ1n) is 30.8. The molecule has 0 aliphatic heterocycles. The van der Waals surface area contributed by atoms with Crippen LogP contribution in [0.15, 0.2) is 60.8 Å². The maximum Gasteiger partial charge on any atom is 0.306 e. The number of hydrogen-bond donors (Lipinski definition) is 0.